The zero-order valence-corrected chi connectivity index (χ0v) is 13.5. The lowest BCUT2D eigenvalue weighted by Gasteiger charge is -2.37. The van der Waals surface area contributed by atoms with E-state index in [9.17, 15) is 4.79 Å². The number of piperidine rings is 1. The molecule has 1 amide bonds. The lowest BCUT2D eigenvalue weighted by molar-refractivity contribution is -0.122. The molecule has 0 aliphatic carbocycles. The van der Waals surface area contributed by atoms with Gasteiger partial charge in [-0.15, -0.1) is 0 Å². The van der Waals surface area contributed by atoms with Gasteiger partial charge in [-0.1, -0.05) is 30.8 Å². The third-order valence-electron chi connectivity index (χ3n) is 4.15. The van der Waals surface area contributed by atoms with Crippen molar-refractivity contribution in [3.8, 4) is 0 Å². The van der Waals surface area contributed by atoms with E-state index in [1.807, 2.05) is 31.2 Å². The molecular formula is C16H23N3OS. The van der Waals surface area contributed by atoms with E-state index in [0.717, 1.165) is 24.2 Å². The first-order valence-electron chi connectivity index (χ1n) is 7.45. The van der Waals surface area contributed by atoms with E-state index < -0.39 is 0 Å². The molecule has 1 aliphatic heterocycles. The Morgan fingerprint density at radius 1 is 1.48 bits per heavy atom. The second kappa shape index (κ2) is 7.00. The summed E-state index contributed by atoms with van der Waals surface area (Å²) in [4.78, 5) is 15.0. The average molecular weight is 305 g/mol. The standard InChI is InChI=1S/C16H23N3OS/c1-11-6-3-4-9-19(11)12(2)16(20)18-14-8-5-7-13(10-14)15(17)21/h5,7-8,10-12H,3-4,6,9H2,1-2H3,(H2,17,21)(H,18,20). The van der Waals surface area contributed by atoms with Gasteiger partial charge >= 0.3 is 0 Å². The first-order chi connectivity index (χ1) is 9.99. The lowest BCUT2D eigenvalue weighted by atomic mass is 10.0. The molecule has 4 nitrogen and oxygen atoms in total. The van der Waals surface area contributed by atoms with Crippen molar-refractivity contribution in [2.24, 2.45) is 5.73 Å². The molecule has 2 atom stereocenters. The van der Waals surface area contributed by atoms with Crippen LogP contribution in [0.15, 0.2) is 24.3 Å². The molecule has 0 aromatic heterocycles. The third-order valence-corrected chi connectivity index (χ3v) is 4.38. The molecule has 0 bridgehead atoms. The Morgan fingerprint density at radius 2 is 2.24 bits per heavy atom. The molecule has 3 N–H and O–H groups in total. The number of carbonyl (C=O) groups excluding carboxylic acids is 1. The molecule has 1 aromatic carbocycles. The molecule has 0 spiro atoms. The average Bonchev–Trinajstić information content (AvgIpc) is 2.47. The maximum atomic E-state index is 12.4. The Morgan fingerprint density at radius 3 is 2.90 bits per heavy atom. The van der Waals surface area contributed by atoms with Crippen LogP contribution in [0, 0.1) is 0 Å². The number of nitrogens with one attached hydrogen (secondary N) is 1. The van der Waals surface area contributed by atoms with Crippen LogP contribution in [0.25, 0.3) is 0 Å². The number of nitrogens with two attached hydrogens (primary N) is 1. The van der Waals surface area contributed by atoms with Gasteiger partial charge < -0.3 is 11.1 Å². The highest BCUT2D eigenvalue weighted by molar-refractivity contribution is 7.80. The summed E-state index contributed by atoms with van der Waals surface area (Å²) in [6.07, 6.45) is 3.58. The quantitative estimate of drug-likeness (QED) is 0.839. The monoisotopic (exact) mass is 305 g/mol. The highest BCUT2D eigenvalue weighted by Crippen LogP contribution is 2.20. The van der Waals surface area contributed by atoms with Crippen molar-refractivity contribution in [1.29, 1.82) is 0 Å². The predicted molar refractivity (Wildman–Crippen MR) is 90.4 cm³/mol. The molecule has 0 radical (unpaired) electrons. The van der Waals surface area contributed by atoms with Crippen molar-refractivity contribution in [2.45, 2.75) is 45.2 Å². The van der Waals surface area contributed by atoms with Crippen LogP contribution in [0.4, 0.5) is 5.69 Å². The fraction of sp³-hybridized carbons (Fsp3) is 0.500. The first-order valence-corrected chi connectivity index (χ1v) is 7.86. The second-order valence-corrected chi connectivity index (χ2v) is 6.13. The first kappa shape index (κ1) is 15.9. The summed E-state index contributed by atoms with van der Waals surface area (Å²) in [5.74, 6) is 0.0174. The van der Waals surface area contributed by atoms with Crippen LogP contribution in [0.5, 0.6) is 0 Å². The van der Waals surface area contributed by atoms with Gasteiger partial charge in [0.05, 0.1) is 6.04 Å². The molecule has 114 valence electrons. The van der Waals surface area contributed by atoms with E-state index in [1.165, 1.54) is 12.8 Å². The molecule has 5 heteroatoms. The Hall–Kier alpha value is -1.46. The highest BCUT2D eigenvalue weighted by Gasteiger charge is 2.27. The van der Waals surface area contributed by atoms with Crippen molar-refractivity contribution < 1.29 is 4.79 Å². The highest BCUT2D eigenvalue weighted by atomic mass is 32.1. The fourth-order valence-electron chi connectivity index (χ4n) is 2.84. The number of likely N-dealkylation sites (tertiary alicyclic amines) is 1. The van der Waals surface area contributed by atoms with Gasteiger partial charge in [-0.05, 0) is 45.4 Å². The molecule has 1 heterocycles. The number of anilines is 1. The number of thiocarbonyl (C=S) groups is 1. The minimum Gasteiger partial charge on any atom is -0.389 e. The smallest absolute Gasteiger partial charge is 0.241 e. The van der Waals surface area contributed by atoms with Crippen LogP contribution in [-0.4, -0.2) is 34.4 Å². The van der Waals surface area contributed by atoms with Gasteiger partial charge in [0.2, 0.25) is 5.91 Å². The van der Waals surface area contributed by atoms with Gasteiger partial charge in [0.1, 0.15) is 4.99 Å². The summed E-state index contributed by atoms with van der Waals surface area (Å²) in [6.45, 7) is 5.15. The zero-order valence-electron chi connectivity index (χ0n) is 12.6. The fourth-order valence-corrected chi connectivity index (χ4v) is 2.97. The van der Waals surface area contributed by atoms with Gasteiger partial charge in [-0.3, -0.25) is 9.69 Å². The Balaban J connectivity index is 2.03. The van der Waals surface area contributed by atoms with E-state index >= 15 is 0 Å². The van der Waals surface area contributed by atoms with E-state index in [4.69, 9.17) is 18.0 Å². The van der Waals surface area contributed by atoms with Gasteiger partial charge in [-0.2, -0.15) is 0 Å². The summed E-state index contributed by atoms with van der Waals surface area (Å²) in [5, 5.41) is 2.96. The summed E-state index contributed by atoms with van der Waals surface area (Å²) >= 11 is 4.96. The number of hydrogen-bond acceptors (Lipinski definition) is 3. The molecule has 2 rings (SSSR count). The van der Waals surface area contributed by atoms with E-state index in [0.29, 0.717) is 11.0 Å². The second-order valence-electron chi connectivity index (χ2n) is 5.69. The Bertz CT molecular complexity index is 532. The maximum Gasteiger partial charge on any atom is 0.241 e. The largest absolute Gasteiger partial charge is 0.389 e. The summed E-state index contributed by atoms with van der Waals surface area (Å²) < 4.78 is 0. The minimum absolute atomic E-state index is 0.0174. The number of carbonyl (C=O) groups is 1. The van der Waals surface area contributed by atoms with Gasteiger partial charge in [0.25, 0.3) is 0 Å². The molecule has 0 saturated carbocycles. The topological polar surface area (TPSA) is 58.4 Å². The van der Waals surface area contributed by atoms with E-state index in [-0.39, 0.29) is 11.9 Å². The van der Waals surface area contributed by atoms with E-state index in [1.54, 1.807) is 0 Å². The predicted octanol–water partition coefficient (Wildman–Crippen LogP) is 2.52. The molecule has 1 saturated heterocycles. The van der Waals surface area contributed by atoms with Crippen molar-refractivity contribution in [3.63, 3.8) is 0 Å². The zero-order chi connectivity index (χ0) is 15.4. The van der Waals surface area contributed by atoms with Gasteiger partial charge in [0.15, 0.2) is 0 Å². The molecule has 21 heavy (non-hydrogen) atoms. The molecular weight excluding hydrogens is 282 g/mol. The number of nitrogens with zero attached hydrogens (tertiary/aromatic N) is 1. The molecule has 1 aliphatic rings. The van der Waals surface area contributed by atoms with Crippen LogP contribution < -0.4 is 11.1 Å². The maximum absolute atomic E-state index is 12.4. The van der Waals surface area contributed by atoms with Crippen LogP contribution >= 0.6 is 12.2 Å². The minimum atomic E-state index is -0.131. The van der Waals surface area contributed by atoms with Crippen molar-refractivity contribution in [3.05, 3.63) is 29.8 Å². The van der Waals surface area contributed by atoms with Crippen LogP contribution in [0.2, 0.25) is 0 Å². The van der Waals surface area contributed by atoms with Crippen molar-refractivity contribution in [1.82, 2.24) is 4.90 Å². The van der Waals surface area contributed by atoms with Crippen LogP contribution in [-0.2, 0) is 4.79 Å². The van der Waals surface area contributed by atoms with Crippen LogP contribution in [0.1, 0.15) is 38.7 Å². The van der Waals surface area contributed by atoms with Crippen molar-refractivity contribution >= 4 is 28.8 Å². The molecule has 1 fully saturated rings. The van der Waals surface area contributed by atoms with Gasteiger partial charge in [0, 0.05) is 17.3 Å². The van der Waals surface area contributed by atoms with E-state index in [2.05, 4.69) is 17.1 Å². The summed E-state index contributed by atoms with van der Waals surface area (Å²) in [5.41, 5.74) is 7.12. The summed E-state index contributed by atoms with van der Waals surface area (Å²) in [6, 6.07) is 7.68. The molecule has 2 unspecified atom stereocenters. The lowest BCUT2D eigenvalue weighted by Crippen LogP contribution is -2.48. The van der Waals surface area contributed by atoms with Crippen LogP contribution in [0.3, 0.4) is 0 Å². The van der Waals surface area contributed by atoms with Gasteiger partial charge in [-0.25, -0.2) is 0 Å². The summed E-state index contributed by atoms with van der Waals surface area (Å²) in [7, 11) is 0. The third kappa shape index (κ3) is 4.02. The number of amides is 1. The normalized spacial score (nSPS) is 20.8. The van der Waals surface area contributed by atoms with Crippen molar-refractivity contribution in [2.75, 3.05) is 11.9 Å². The molecule has 1 aromatic rings. The number of hydrogen-bond donors (Lipinski definition) is 2. The Labute approximate surface area is 131 Å². The number of rotatable bonds is 4. The SMILES string of the molecule is CC1CCCCN1C(C)C(=O)Nc1cccc(C(N)=S)c1. The number of benzene rings is 1. The Kier molecular flexibility index (Phi) is 5.31.